The van der Waals surface area contributed by atoms with Gasteiger partial charge in [-0.1, -0.05) is 39.0 Å². The molecule has 1 aromatic carbocycles. The molecule has 0 fully saturated rings. The van der Waals surface area contributed by atoms with Crippen molar-refractivity contribution in [3.05, 3.63) is 59.7 Å². The largest absolute Gasteiger partial charge is 0.336 e. The second-order valence-corrected chi connectivity index (χ2v) is 5.58. The van der Waals surface area contributed by atoms with Crippen LogP contribution in [0.2, 0.25) is 0 Å². The van der Waals surface area contributed by atoms with Crippen LogP contribution in [0.5, 0.6) is 0 Å². The van der Waals surface area contributed by atoms with Crippen molar-refractivity contribution in [3.8, 4) is 0 Å². The summed E-state index contributed by atoms with van der Waals surface area (Å²) in [5, 5.41) is 0. The summed E-state index contributed by atoms with van der Waals surface area (Å²) in [6, 6.07) is 14.5. The minimum atomic E-state index is 0. The third-order valence-electron chi connectivity index (χ3n) is 3.00. The lowest BCUT2D eigenvalue weighted by Crippen LogP contribution is -2.15. The summed E-state index contributed by atoms with van der Waals surface area (Å²) in [7, 11) is 2.00. The molecule has 2 nitrogen and oxygen atoms in total. The van der Waals surface area contributed by atoms with E-state index in [4.69, 9.17) is 0 Å². The summed E-state index contributed by atoms with van der Waals surface area (Å²) in [6.07, 6.45) is 2.00. The standard InChI is InChI=1S/C16H20N2.ClH/c1-16(2,3)13-8-10-14(11-9-13)17-15-7-5-6-12-18(15)4;/h5-12H,1-4H3;1H. The molecule has 0 saturated heterocycles. The fraction of sp³-hybridized carbons (Fsp3) is 0.312. The van der Waals surface area contributed by atoms with Crippen LogP contribution in [-0.2, 0) is 12.5 Å². The van der Waals surface area contributed by atoms with Crippen molar-refractivity contribution in [1.29, 1.82) is 0 Å². The summed E-state index contributed by atoms with van der Waals surface area (Å²) in [5.41, 5.74) is 3.47. The Morgan fingerprint density at radius 3 is 2.11 bits per heavy atom. The van der Waals surface area contributed by atoms with Crippen molar-refractivity contribution < 1.29 is 0 Å². The van der Waals surface area contributed by atoms with Gasteiger partial charge >= 0.3 is 0 Å². The first-order valence-electron chi connectivity index (χ1n) is 6.24. The molecule has 1 heterocycles. The van der Waals surface area contributed by atoms with E-state index in [-0.39, 0.29) is 17.8 Å². The molecule has 3 heteroatoms. The molecule has 102 valence electrons. The number of benzene rings is 1. The van der Waals surface area contributed by atoms with Crippen molar-refractivity contribution in [2.45, 2.75) is 26.2 Å². The molecule has 19 heavy (non-hydrogen) atoms. The number of nitrogens with zero attached hydrogens (tertiary/aromatic N) is 2. The predicted octanol–water partition coefficient (Wildman–Crippen LogP) is 3.98. The van der Waals surface area contributed by atoms with Gasteiger partial charge in [0.25, 0.3) is 0 Å². The first-order valence-corrected chi connectivity index (χ1v) is 6.24. The Morgan fingerprint density at radius 2 is 1.58 bits per heavy atom. The fourth-order valence-corrected chi connectivity index (χ4v) is 1.80. The molecule has 0 saturated carbocycles. The average Bonchev–Trinajstić information content (AvgIpc) is 2.32. The second-order valence-electron chi connectivity index (χ2n) is 5.58. The Bertz CT molecular complexity index is 589. The normalized spacial score (nSPS) is 12.1. The van der Waals surface area contributed by atoms with Gasteiger partial charge in [-0.2, -0.15) is 0 Å². The quantitative estimate of drug-likeness (QED) is 0.750. The van der Waals surface area contributed by atoms with Gasteiger partial charge in [-0.15, -0.1) is 12.4 Å². The molecule has 0 spiro atoms. The third-order valence-corrected chi connectivity index (χ3v) is 3.00. The van der Waals surface area contributed by atoms with Crippen LogP contribution in [0, 0.1) is 0 Å². The topological polar surface area (TPSA) is 17.3 Å². The summed E-state index contributed by atoms with van der Waals surface area (Å²) >= 11 is 0. The van der Waals surface area contributed by atoms with E-state index in [1.54, 1.807) is 0 Å². The highest BCUT2D eigenvalue weighted by atomic mass is 35.5. The Balaban J connectivity index is 0.00000180. The highest BCUT2D eigenvalue weighted by molar-refractivity contribution is 5.85. The number of hydrogen-bond donors (Lipinski definition) is 0. The van der Waals surface area contributed by atoms with Crippen molar-refractivity contribution in [2.75, 3.05) is 0 Å². The van der Waals surface area contributed by atoms with E-state index >= 15 is 0 Å². The highest BCUT2D eigenvalue weighted by Gasteiger charge is 2.12. The van der Waals surface area contributed by atoms with Crippen molar-refractivity contribution in [3.63, 3.8) is 0 Å². The first-order chi connectivity index (χ1) is 8.47. The van der Waals surface area contributed by atoms with Gasteiger partial charge < -0.3 is 4.57 Å². The summed E-state index contributed by atoms with van der Waals surface area (Å²) in [6.45, 7) is 6.66. The molecule has 1 aromatic heterocycles. The fourth-order valence-electron chi connectivity index (χ4n) is 1.80. The molecule has 0 aliphatic rings. The van der Waals surface area contributed by atoms with Crippen LogP contribution in [0.25, 0.3) is 0 Å². The van der Waals surface area contributed by atoms with Crippen molar-refractivity contribution >= 4 is 18.1 Å². The van der Waals surface area contributed by atoms with Crippen molar-refractivity contribution in [1.82, 2.24) is 4.57 Å². The second kappa shape index (κ2) is 6.07. The van der Waals surface area contributed by atoms with E-state index < -0.39 is 0 Å². The lowest BCUT2D eigenvalue weighted by atomic mass is 9.87. The molecule has 0 aliphatic carbocycles. The van der Waals surface area contributed by atoms with Gasteiger partial charge in [0.05, 0.1) is 5.69 Å². The molecule has 2 rings (SSSR count). The minimum absolute atomic E-state index is 0. The number of pyridine rings is 1. The van der Waals surface area contributed by atoms with Crippen LogP contribution in [0.4, 0.5) is 5.69 Å². The third kappa shape index (κ3) is 3.97. The maximum atomic E-state index is 4.63. The van der Waals surface area contributed by atoms with Crippen LogP contribution in [0.15, 0.2) is 53.7 Å². The van der Waals surface area contributed by atoms with Crippen LogP contribution in [0.3, 0.4) is 0 Å². The van der Waals surface area contributed by atoms with Crippen molar-refractivity contribution in [2.24, 2.45) is 12.0 Å². The number of hydrogen-bond acceptors (Lipinski definition) is 1. The van der Waals surface area contributed by atoms with E-state index in [9.17, 15) is 0 Å². The predicted molar refractivity (Wildman–Crippen MR) is 83.0 cm³/mol. The zero-order valence-electron chi connectivity index (χ0n) is 11.9. The number of halogens is 1. The Morgan fingerprint density at radius 1 is 0.947 bits per heavy atom. The molecule has 0 atom stereocenters. The molecule has 0 N–H and O–H groups in total. The molecule has 0 unspecified atom stereocenters. The lowest BCUT2D eigenvalue weighted by molar-refractivity contribution is 0.590. The molecule has 0 amide bonds. The molecular formula is C16H21ClN2. The minimum Gasteiger partial charge on any atom is -0.336 e. The van der Waals surface area contributed by atoms with Gasteiger partial charge in [0, 0.05) is 13.2 Å². The summed E-state index contributed by atoms with van der Waals surface area (Å²) in [4.78, 5) is 4.63. The highest BCUT2D eigenvalue weighted by Crippen LogP contribution is 2.24. The number of rotatable bonds is 1. The Hall–Kier alpha value is -1.54. The maximum Gasteiger partial charge on any atom is 0.132 e. The zero-order chi connectivity index (χ0) is 13.2. The zero-order valence-corrected chi connectivity index (χ0v) is 12.7. The number of aryl methyl sites for hydroxylation is 1. The van der Waals surface area contributed by atoms with Crippen LogP contribution < -0.4 is 5.49 Å². The number of aromatic nitrogens is 1. The molecule has 0 aliphatic heterocycles. The molecule has 0 bridgehead atoms. The van der Waals surface area contributed by atoms with E-state index in [1.165, 1.54) is 5.56 Å². The Labute approximate surface area is 121 Å². The van der Waals surface area contributed by atoms with Gasteiger partial charge in [-0.25, -0.2) is 4.99 Å². The SMILES string of the molecule is Cl.Cn1ccccc1=Nc1ccc(C(C)(C)C)cc1. The van der Waals surface area contributed by atoms with E-state index in [0.29, 0.717) is 0 Å². The van der Waals surface area contributed by atoms with E-state index in [2.05, 4.69) is 50.0 Å². The Kier molecular flexibility index (Phi) is 4.96. The average molecular weight is 277 g/mol. The van der Waals surface area contributed by atoms with Gasteiger partial charge in [0.15, 0.2) is 0 Å². The summed E-state index contributed by atoms with van der Waals surface area (Å²) in [5.74, 6) is 0. The summed E-state index contributed by atoms with van der Waals surface area (Å²) < 4.78 is 2.01. The van der Waals surface area contributed by atoms with Gasteiger partial charge in [0.1, 0.15) is 5.49 Å². The van der Waals surface area contributed by atoms with E-state index in [1.807, 2.05) is 36.0 Å². The van der Waals surface area contributed by atoms with Gasteiger partial charge in [0.2, 0.25) is 0 Å². The smallest absolute Gasteiger partial charge is 0.132 e. The molecular weight excluding hydrogens is 256 g/mol. The molecule has 2 aromatic rings. The van der Waals surface area contributed by atoms with E-state index in [0.717, 1.165) is 11.2 Å². The monoisotopic (exact) mass is 276 g/mol. The van der Waals surface area contributed by atoms with Crippen LogP contribution >= 0.6 is 12.4 Å². The molecule has 0 radical (unpaired) electrons. The first kappa shape index (κ1) is 15.5. The lowest BCUT2D eigenvalue weighted by Gasteiger charge is -2.18. The van der Waals surface area contributed by atoms with Crippen LogP contribution in [-0.4, -0.2) is 4.57 Å². The van der Waals surface area contributed by atoms with Crippen LogP contribution in [0.1, 0.15) is 26.3 Å². The van der Waals surface area contributed by atoms with Gasteiger partial charge in [-0.3, -0.25) is 0 Å². The van der Waals surface area contributed by atoms with Gasteiger partial charge in [-0.05, 0) is 35.2 Å². The maximum absolute atomic E-state index is 4.63.